The number of halogens is 2. The molecule has 0 saturated heterocycles. The molecule has 0 saturated carbocycles. The second-order valence-electron chi connectivity index (χ2n) is 3.58. The highest BCUT2D eigenvalue weighted by atomic mass is 32.2. The second kappa shape index (κ2) is 6.04. The fourth-order valence-electron chi connectivity index (χ4n) is 1.35. The van der Waals surface area contributed by atoms with Crippen molar-refractivity contribution >= 4 is 16.0 Å². The summed E-state index contributed by atoms with van der Waals surface area (Å²) in [6.45, 7) is -0.598. The molecule has 106 valence electrons. The van der Waals surface area contributed by atoms with Crippen LogP contribution in [0.25, 0.3) is 0 Å². The molecule has 3 N–H and O–H groups in total. The molecular formula is C10H11F2NO5S. The third-order valence-corrected chi connectivity index (χ3v) is 3.72. The molecule has 0 aliphatic carbocycles. The molecule has 0 heterocycles. The summed E-state index contributed by atoms with van der Waals surface area (Å²) in [5.74, 6) is -4.23. The van der Waals surface area contributed by atoms with Crippen molar-refractivity contribution in [2.45, 2.75) is 17.4 Å². The van der Waals surface area contributed by atoms with Crippen LogP contribution in [0, 0.1) is 11.6 Å². The maximum absolute atomic E-state index is 13.3. The molecule has 0 fully saturated rings. The third kappa shape index (κ3) is 3.69. The van der Waals surface area contributed by atoms with Gasteiger partial charge in [-0.3, -0.25) is 4.79 Å². The monoisotopic (exact) mass is 295 g/mol. The summed E-state index contributed by atoms with van der Waals surface area (Å²) in [5, 5.41) is 17.3. The molecule has 0 radical (unpaired) electrons. The molecule has 0 aliphatic heterocycles. The molecule has 1 rings (SSSR count). The molecule has 1 aromatic rings. The van der Waals surface area contributed by atoms with E-state index in [1.54, 1.807) is 4.72 Å². The van der Waals surface area contributed by atoms with Crippen LogP contribution in [0.15, 0.2) is 23.1 Å². The number of hydrogen-bond donors (Lipinski definition) is 3. The predicted molar refractivity (Wildman–Crippen MR) is 59.8 cm³/mol. The van der Waals surface area contributed by atoms with Gasteiger partial charge in [0.05, 0.1) is 0 Å². The van der Waals surface area contributed by atoms with E-state index in [1.165, 1.54) is 0 Å². The van der Waals surface area contributed by atoms with Crippen LogP contribution in [-0.4, -0.2) is 37.2 Å². The maximum Gasteiger partial charge on any atom is 0.321 e. The van der Waals surface area contributed by atoms with E-state index in [0.717, 1.165) is 18.2 Å². The minimum Gasteiger partial charge on any atom is -0.480 e. The van der Waals surface area contributed by atoms with Crippen molar-refractivity contribution in [1.82, 2.24) is 4.72 Å². The largest absolute Gasteiger partial charge is 0.480 e. The average Bonchev–Trinajstić information content (AvgIpc) is 2.27. The van der Waals surface area contributed by atoms with Crippen LogP contribution in [0.2, 0.25) is 0 Å². The Morgan fingerprint density at radius 3 is 2.26 bits per heavy atom. The standard InChI is InChI=1S/C10H11F2NO5S/c11-6-2-1-3-7(12)9(6)19(17,18)13-8(4-5-14)10(15)16/h1-3,8,13-14H,4-5H2,(H,15,16)/t8-/m0/s1. The van der Waals surface area contributed by atoms with Crippen molar-refractivity contribution in [3.05, 3.63) is 29.8 Å². The van der Waals surface area contributed by atoms with E-state index in [2.05, 4.69) is 0 Å². The topological polar surface area (TPSA) is 104 Å². The van der Waals surface area contributed by atoms with Gasteiger partial charge >= 0.3 is 5.97 Å². The van der Waals surface area contributed by atoms with Crippen LogP contribution in [-0.2, 0) is 14.8 Å². The van der Waals surface area contributed by atoms with Gasteiger partial charge in [0, 0.05) is 6.61 Å². The fourth-order valence-corrected chi connectivity index (χ4v) is 2.71. The van der Waals surface area contributed by atoms with Crippen LogP contribution in [0.5, 0.6) is 0 Å². The van der Waals surface area contributed by atoms with Crippen LogP contribution in [0.1, 0.15) is 6.42 Å². The minimum absolute atomic E-state index is 0.426. The predicted octanol–water partition coefficient (Wildman–Crippen LogP) is 0.0787. The van der Waals surface area contributed by atoms with E-state index in [9.17, 15) is 22.0 Å². The summed E-state index contributed by atoms with van der Waals surface area (Å²) < 4.78 is 51.7. The molecule has 0 aliphatic rings. The van der Waals surface area contributed by atoms with Gasteiger partial charge in [0.25, 0.3) is 0 Å². The normalized spacial score (nSPS) is 13.2. The number of sulfonamides is 1. The van der Waals surface area contributed by atoms with Gasteiger partial charge < -0.3 is 10.2 Å². The quantitative estimate of drug-likeness (QED) is 0.689. The Hall–Kier alpha value is -1.58. The van der Waals surface area contributed by atoms with Gasteiger partial charge in [-0.2, -0.15) is 4.72 Å². The number of carboxylic acids is 1. The van der Waals surface area contributed by atoms with E-state index in [1.807, 2.05) is 0 Å². The molecule has 19 heavy (non-hydrogen) atoms. The molecule has 0 unspecified atom stereocenters. The number of nitrogens with one attached hydrogen (secondary N) is 1. The maximum atomic E-state index is 13.3. The molecule has 0 bridgehead atoms. The Balaban J connectivity index is 3.14. The van der Waals surface area contributed by atoms with Gasteiger partial charge in [-0.25, -0.2) is 17.2 Å². The molecule has 0 spiro atoms. The van der Waals surface area contributed by atoms with Gasteiger partial charge in [0.2, 0.25) is 10.0 Å². The lowest BCUT2D eigenvalue weighted by Gasteiger charge is -2.14. The summed E-state index contributed by atoms with van der Waals surface area (Å²) in [5.41, 5.74) is 0. The molecule has 9 heteroatoms. The number of aliphatic hydroxyl groups is 1. The van der Waals surface area contributed by atoms with Gasteiger partial charge in [-0.05, 0) is 18.6 Å². The molecule has 1 atom stereocenters. The number of benzene rings is 1. The minimum atomic E-state index is -4.68. The first-order valence-corrected chi connectivity index (χ1v) is 6.58. The second-order valence-corrected chi connectivity index (χ2v) is 5.23. The van der Waals surface area contributed by atoms with Gasteiger partial charge in [0.15, 0.2) is 4.90 Å². The summed E-state index contributed by atoms with van der Waals surface area (Å²) in [4.78, 5) is 9.49. The first kappa shape index (κ1) is 15.5. The van der Waals surface area contributed by atoms with Crippen LogP contribution in [0.3, 0.4) is 0 Å². The Labute approximate surface area is 107 Å². The molecule has 1 aromatic carbocycles. The molecule has 0 amide bonds. The number of carboxylic acid groups (broad SMARTS) is 1. The van der Waals surface area contributed by atoms with Gasteiger partial charge in [-0.15, -0.1) is 0 Å². The zero-order chi connectivity index (χ0) is 14.6. The van der Waals surface area contributed by atoms with E-state index in [-0.39, 0.29) is 0 Å². The summed E-state index contributed by atoms with van der Waals surface area (Å²) in [7, 11) is -4.68. The van der Waals surface area contributed by atoms with E-state index in [0.29, 0.717) is 0 Å². The Morgan fingerprint density at radius 1 is 1.32 bits per heavy atom. The van der Waals surface area contributed by atoms with Crippen molar-refractivity contribution < 1.29 is 32.2 Å². The number of aliphatic hydroxyl groups excluding tert-OH is 1. The van der Waals surface area contributed by atoms with Crippen molar-refractivity contribution in [3.63, 3.8) is 0 Å². The Kier molecular flexibility index (Phi) is 4.92. The highest BCUT2D eigenvalue weighted by Gasteiger charge is 2.29. The smallest absolute Gasteiger partial charge is 0.321 e. The van der Waals surface area contributed by atoms with Crippen molar-refractivity contribution in [3.8, 4) is 0 Å². The van der Waals surface area contributed by atoms with Crippen LogP contribution < -0.4 is 4.72 Å². The first-order valence-electron chi connectivity index (χ1n) is 5.09. The van der Waals surface area contributed by atoms with E-state index < -0.39 is 51.6 Å². The zero-order valence-electron chi connectivity index (χ0n) is 9.51. The first-order chi connectivity index (χ1) is 8.79. The van der Waals surface area contributed by atoms with Gasteiger partial charge in [0.1, 0.15) is 17.7 Å². The van der Waals surface area contributed by atoms with Crippen molar-refractivity contribution in [2.75, 3.05) is 6.61 Å². The summed E-state index contributed by atoms with van der Waals surface area (Å²) >= 11 is 0. The molecular weight excluding hydrogens is 284 g/mol. The lowest BCUT2D eigenvalue weighted by Crippen LogP contribution is -2.41. The highest BCUT2D eigenvalue weighted by molar-refractivity contribution is 7.89. The van der Waals surface area contributed by atoms with Crippen LogP contribution >= 0.6 is 0 Å². The number of rotatable bonds is 6. The Morgan fingerprint density at radius 2 is 1.84 bits per heavy atom. The Bertz CT molecular complexity index is 555. The number of hydrogen-bond acceptors (Lipinski definition) is 4. The van der Waals surface area contributed by atoms with E-state index >= 15 is 0 Å². The lowest BCUT2D eigenvalue weighted by molar-refractivity contribution is -0.139. The van der Waals surface area contributed by atoms with Gasteiger partial charge in [-0.1, -0.05) is 6.07 Å². The lowest BCUT2D eigenvalue weighted by atomic mass is 10.2. The zero-order valence-corrected chi connectivity index (χ0v) is 10.3. The third-order valence-electron chi connectivity index (χ3n) is 2.20. The van der Waals surface area contributed by atoms with Crippen molar-refractivity contribution in [2.24, 2.45) is 0 Å². The van der Waals surface area contributed by atoms with E-state index in [4.69, 9.17) is 10.2 Å². The van der Waals surface area contributed by atoms with Crippen LogP contribution in [0.4, 0.5) is 8.78 Å². The number of carbonyl (C=O) groups is 1. The molecule has 6 nitrogen and oxygen atoms in total. The average molecular weight is 295 g/mol. The number of aliphatic carboxylic acids is 1. The highest BCUT2D eigenvalue weighted by Crippen LogP contribution is 2.18. The summed E-state index contributed by atoms with van der Waals surface area (Å²) in [6, 6.07) is 0.777. The van der Waals surface area contributed by atoms with Crippen molar-refractivity contribution in [1.29, 1.82) is 0 Å². The SMILES string of the molecule is O=C(O)[C@H](CCO)NS(=O)(=O)c1c(F)cccc1F. The summed E-state index contributed by atoms with van der Waals surface area (Å²) in [6.07, 6.45) is -0.426. The fraction of sp³-hybridized carbons (Fsp3) is 0.300. The molecule has 0 aromatic heterocycles.